The van der Waals surface area contributed by atoms with Crippen LogP contribution in [0.1, 0.15) is 0 Å². The van der Waals surface area contributed by atoms with Gasteiger partial charge in [-0.1, -0.05) is 24.3 Å². The molecule has 1 N–H and O–H groups in total. The molecule has 0 aliphatic carbocycles. The SMILES string of the molecule is Cl.O=C(C[n+]1ccccc1)Nc1ccccc1. The Bertz CT molecular complexity index is 416. The summed E-state index contributed by atoms with van der Waals surface area (Å²) in [6, 6.07) is 15.2. The van der Waals surface area contributed by atoms with Crippen LogP contribution >= 0.6 is 12.4 Å². The van der Waals surface area contributed by atoms with Gasteiger partial charge in [0.25, 0.3) is 5.91 Å². The number of nitrogens with one attached hydrogen (secondary N) is 1. The lowest BCUT2D eigenvalue weighted by molar-refractivity contribution is -0.684. The molecule has 1 aromatic heterocycles. The van der Waals surface area contributed by atoms with Gasteiger partial charge in [0, 0.05) is 17.8 Å². The van der Waals surface area contributed by atoms with Crippen LogP contribution in [0.25, 0.3) is 0 Å². The minimum atomic E-state index is -0.0256. The average molecular weight is 250 g/mol. The lowest BCUT2D eigenvalue weighted by Crippen LogP contribution is -2.39. The van der Waals surface area contributed by atoms with Crippen molar-refractivity contribution in [3.63, 3.8) is 0 Å². The number of aromatic nitrogens is 1. The van der Waals surface area contributed by atoms with Crippen LogP contribution in [0.15, 0.2) is 60.9 Å². The number of carbonyl (C=O) groups is 1. The van der Waals surface area contributed by atoms with Gasteiger partial charge in [-0.05, 0) is 12.1 Å². The average Bonchev–Trinajstić information content (AvgIpc) is 2.31. The lowest BCUT2D eigenvalue weighted by Gasteiger charge is -2.01. The van der Waals surface area contributed by atoms with E-state index in [0.717, 1.165) is 5.69 Å². The van der Waals surface area contributed by atoms with Gasteiger partial charge in [-0.25, -0.2) is 0 Å². The van der Waals surface area contributed by atoms with Crippen LogP contribution in [0.2, 0.25) is 0 Å². The minimum absolute atomic E-state index is 0. The molecule has 1 amide bonds. The zero-order valence-corrected chi connectivity index (χ0v) is 10.1. The summed E-state index contributed by atoms with van der Waals surface area (Å²) in [6.45, 7) is 0.329. The third-order valence-electron chi connectivity index (χ3n) is 2.16. The number of anilines is 1. The van der Waals surface area contributed by atoms with Crippen LogP contribution < -0.4 is 9.88 Å². The molecule has 1 aromatic carbocycles. The molecule has 0 radical (unpaired) electrons. The Morgan fingerprint density at radius 3 is 2.24 bits per heavy atom. The lowest BCUT2D eigenvalue weighted by atomic mass is 10.3. The molecule has 0 saturated carbocycles. The second kappa shape index (κ2) is 6.66. The predicted octanol–water partition coefficient (Wildman–Crippen LogP) is 2.03. The first kappa shape index (κ1) is 13.2. The minimum Gasteiger partial charge on any atom is -0.321 e. The number of nitrogens with zero attached hydrogens (tertiary/aromatic N) is 1. The zero-order chi connectivity index (χ0) is 11.2. The third-order valence-corrected chi connectivity index (χ3v) is 2.16. The second-order valence-corrected chi connectivity index (χ2v) is 3.46. The smallest absolute Gasteiger partial charge is 0.290 e. The third kappa shape index (κ3) is 4.25. The maximum absolute atomic E-state index is 11.6. The Kier molecular flexibility index (Phi) is 5.17. The van der Waals surface area contributed by atoms with Crippen LogP contribution in [0.4, 0.5) is 5.69 Å². The van der Waals surface area contributed by atoms with Crippen molar-refractivity contribution in [1.29, 1.82) is 0 Å². The Morgan fingerprint density at radius 1 is 1.00 bits per heavy atom. The molecule has 0 aliphatic rings. The highest BCUT2D eigenvalue weighted by molar-refractivity contribution is 5.89. The van der Waals surface area contributed by atoms with E-state index in [-0.39, 0.29) is 18.3 Å². The van der Waals surface area contributed by atoms with Crippen LogP contribution in [-0.2, 0) is 11.3 Å². The second-order valence-electron chi connectivity index (χ2n) is 3.46. The maximum Gasteiger partial charge on any atom is 0.290 e. The van der Waals surface area contributed by atoms with E-state index < -0.39 is 0 Å². The molecule has 0 unspecified atom stereocenters. The molecule has 88 valence electrons. The van der Waals surface area contributed by atoms with Gasteiger partial charge in [-0.15, -0.1) is 12.4 Å². The summed E-state index contributed by atoms with van der Waals surface area (Å²) in [6.07, 6.45) is 3.73. The predicted molar refractivity (Wildman–Crippen MR) is 69.0 cm³/mol. The number of hydrogen-bond donors (Lipinski definition) is 1. The topological polar surface area (TPSA) is 33.0 Å². The van der Waals surface area contributed by atoms with E-state index in [1.165, 1.54) is 0 Å². The highest BCUT2D eigenvalue weighted by Gasteiger charge is 2.07. The van der Waals surface area contributed by atoms with Crippen molar-refractivity contribution in [2.24, 2.45) is 0 Å². The van der Waals surface area contributed by atoms with Crippen LogP contribution in [0.3, 0.4) is 0 Å². The Hall–Kier alpha value is -1.87. The monoisotopic (exact) mass is 249 g/mol. The van der Waals surface area contributed by atoms with Crippen molar-refractivity contribution in [3.05, 3.63) is 60.9 Å². The Labute approximate surface area is 107 Å². The summed E-state index contributed by atoms with van der Waals surface area (Å²) < 4.78 is 1.83. The molecule has 1 heterocycles. The maximum atomic E-state index is 11.6. The fourth-order valence-electron chi connectivity index (χ4n) is 1.43. The number of rotatable bonds is 3. The molecule has 2 rings (SSSR count). The van der Waals surface area contributed by atoms with Crippen molar-refractivity contribution in [2.75, 3.05) is 5.32 Å². The first-order valence-corrected chi connectivity index (χ1v) is 5.13. The zero-order valence-electron chi connectivity index (χ0n) is 9.24. The molecule has 4 heteroatoms. The normalized spacial score (nSPS) is 9.18. The van der Waals surface area contributed by atoms with Gasteiger partial charge < -0.3 is 5.32 Å². The van der Waals surface area contributed by atoms with Gasteiger partial charge in [-0.3, -0.25) is 4.79 Å². The standard InChI is InChI=1S/C13H12N2O.ClH/c16-13(11-15-9-5-2-6-10-15)14-12-7-3-1-4-8-12;/h1-10H,11H2;1H/p+1. The number of carbonyl (C=O) groups excluding carboxylic acids is 1. The first-order chi connectivity index (χ1) is 7.84. The number of para-hydroxylation sites is 1. The molecule has 0 fully saturated rings. The molecule has 3 nitrogen and oxygen atoms in total. The largest absolute Gasteiger partial charge is 0.321 e. The quantitative estimate of drug-likeness (QED) is 0.830. The summed E-state index contributed by atoms with van der Waals surface area (Å²) >= 11 is 0. The van der Waals surface area contributed by atoms with Crippen molar-refractivity contribution < 1.29 is 9.36 Å². The van der Waals surface area contributed by atoms with E-state index in [4.69, 9.17) is 0 Å². The number of benzene rings is 1. The summed E-state index contributed by atoms with van der Waals surface area (Å²) in [7, 11) is 0. The van der Waals surface area contributed by atoms with Gasteiger partial charge in [-0.2, -0.15) is 4.57 Å². The van der Waals surface area contributed by atoms with E-state index in [0.29, 0.717) is 6.54 Å². The number of amides is 1. The van der Waals surface area contributed by atoms with E-state index in [1.54, 1.807) is 0 Å². The molecule has 0 aliphatic heterocycles. The summed E-state index contributed by atoms with van der Waals surface area (Å²) in [4.78, 5) is 11.6. The van der Waals surface area contributed by atoms with Crippen molar-refractivity contribution in [1.82, 2.24) is 0 Å². The molecule has 0 spiro atoms. The van der Waals surface area contributed by atoms with E-state index in [9.17, 15) is 4.79 Å². The number of hydrogen-bond acceptors (Lipinski definition) is 1. The molecule has 2 aromatic rings. The fourth-order valence-corrected chi connectivity index (χ4v) is 1.43. The number of pyridine rings is 1. The van der Waals surface area contributed by atoms with Gasteiger partial charge in [0.1, 0.15) is 0 Å². The van der Waals surface area contributed by atoms with Gasteiger partial charge in [0.2, 0.25) is 6.54 Å². The van der Waals surface area contributed by atoms with E-state index in [1.807, 2.05) is 65.5 Å². The van der Waals surface area contributed by atoms with Crippen molar-refractivity contribution in [2.45, 2.75) is 6.54 Å². The van der Waals surface area contributed by atoms with Crippen LogP contribution in [-0.4, -0.2) is 5.91 Å². The summed E-state index contributed by atoms with van der Waals surface area (Å²) in [5.41, 5.74) is 0.823. The fraction of sp³-hybridized carbons (Fsp3) is 0.0769. The molecule has 0 atom stereocenters. The highest BCUT2D eigenvalue weighted by atomic mass is 35.5. The molecule has 0 saturated heterocycles. The molecule has 17 heavy (non-hydrogen) atoms. The molecular formula is C13H14ClN2O+. The summed E-state index contributed by atoms with van der Waals surface area (Å²) in [5, 5.41) is 2.83. The first-order valence-electron chi connectivity index (χ1n) is 5.13. The Morgan fingerprint density at radius 2 is 1.59 bits per heavy atom. The number of halogens is 1. The van der Waals surface area contributed by atoms with E-state index in [2.05, 4.69) is 5.32 Å². The van der Waals surface area contributed by atoms with Crippen molar-refractivity contribution in [3.8, 4) is 0 Å². The van der Waals surface area contributed by atoms with E-state index >= 15 is 0 Å². The van der Waals surface area contributed by atoms with Gasteiger partial charge in [0.05, 0.1) is 0 Å². The van der Waals surface area contributed by atoms with Crippen molar-refractivity contribution >= 4 is 24.0 Å². The van der Waals surface area contributed by atoms with Crippen LogP contribution in [0, 0.1) is 0 Å². The van der Waals surface area contributed by atoms with Gasteiger partial charge >= 0.3 is 0 Å². The summed E-state index contributed by atoms with van der Waals surface area (Å²) in [5.74, 6) is -0.0256. The molecule has 0 bridgehead atoms. The highest BCUT2D eigenvalue weighted by Crippen LogP contribution is 2.04. The Balaban J connectivity index is 0.00000144. The van der Waals surface area contributed by atoms with Gasteiger partial charge in [0.15, 0.2) is 12.4 Å². The molecular weight excluding hydrogens is 236 g/mol. The van der Waals surface area contributed by atoms with Crippen LogP contribution in [0.5, 0.6) is 0 Å².